The Morgan fingerprint density at radius 1 is 1.20 bits per heavy atom. The van der Waals surface area contributed by atoms with Crippen molar-refractivity contribution in [2.75, 3.05) is 5.73 Å². The summed E-state index contributed by atoms with van der Waals surface area (Å²) in [5.41, 5.74) is 8.33. The highest BCUT2D eigenvalue weighted by Gasteiger charge is 2.11. The lowest BCUT2D eigenvalue weighted by molar-refractivity contribution is 0.682. The summed E-state index contributed by atoms with van der Waals surface area (Å²) in [7, 11) is -1.13. The van der Waals surface area contributed by atoms with Crippen LogP contribution >= 0.6 is 27.3 Å². The van der Waals surface area contributed by atoms with E-state index in [4.69, 9.17) is 5.73 Å². The molecule has 0 amide bonds. The van der Waals surface area contributed by atoms with E-state index in [1.807, 2.05) is 42.5 Å². The Hall–Kier alpha value is -1.24. The van der Waals surface area contributed by atoms with Crippen LogP contribution in [0.2, 0.25) is 0 Å². The zero-order chi connectivity index (χ0) is 14.1. The number of anilines is 1. The normalized spacial score (nSPS) is 12.7. The molecule has 3 nitrogen and oxygen atoms in total. The van der Waals surface area contributed by atoms with Crippen LogP contribution in [0.5, 0.6) is 0 Å². The third-order valence-corrected chi connectivity index (χ3v) is 6.02. The maximum absolute atomic E-state index is 12.4. The fraction of sp³-hybridized carbons (Fsp3) is 0.0714. The van der Waals surface area contributed by atoms with E-state index in [-0.39, 0.29) is 0 Å². The van der Waals surface area contributed by atoms with Gasteiger partial charge in [-0.05, 0) is 35.9 Å². The van der Waals surface area contributed by atoms with Crippen LogP contribution in [0.4, 0.5) is 5.69 Å². The van der Waals surface area contributed by atoms with Crippen LogP contribution in [0.3, 0.4) is 0 Å². The van der Waals surface area contributed by atoms with E-state index in [0.717, 1.165) is 20.3 Å². The van der Waals surface area contributed by atoms with Crippen LogP contribution in [-0.2, 0) is 16.6 Å². The lowest BCUT2D eigenvalue weighted by Crippen LogP contribution is -1.95. The number of hydrogen-bond acceptors (Lipinski definition) is 4. The second kappa shape index (κ2) is 5.63. The molecule has 0 radical (unpaired) electrons. The van der Waals surface area contributed by atoms with Crippen molar-refractivity contribution in [3.05, 3.63) is 52.5 Å². The lowest BCUT2D eigenvalue weighted by Gasteiger charge is -1.99. The molecule has 0 bridgehead atoms. The number of halogens is 1. The predicted octanol–water partition coefficient (Wildman–Crippen LogP) is 3.95. The minimum atomic E-state index is -1.13. The van der Waals surface area contributed by atoms with Crippen LogP contribution in [0.25, 0.3) is 10.2 Å². The maximum atomic E-state index is 12.4. The van der Waals surface area contributed by atoms with Gasteiger partial charge in [0.15, 0.2) is 4.34 Å². The maximum Gasteiger partial charge on any atom is 0.182 e. The van der Waals surface area contributed by atoms with Crippen molar-refractivity contribution < 1.29 is 4.21 Å². The van der Waals surface area contributed by atoms with E-state index in [2.05, 4.69) is 20.9 Å². The van der Waals surface area contributed by atoms with Gasteiger partial charge >= 0.3 is 0 Å². The number of aromatic nitrogens is 1. The Morgan fingerprint density at radius 2 is 1.95 bits per heavy atom. The molecule has 1 heterocycles. The summed E-state index contributed by atoms with van der Waals surface area (Å²) in [6.07, 6.45) is 0. The Kier molecular flexibility index (Phi) is 3.87. The number of nitrogens with two attached hydrogens (primary N) is 1. The molecule has 0 aliphatic rings. The number of nitrogen functional groups attached to an aromatic ring is 1. The summed E-state index contributed by atoms with van der Waals surface area (Å²) in [5.74, 6) is 0.475. The minimum Gasteiger partial charge on any atom is -0.399 e. The molecule has 2 aromatic carbocycles. The average molecular weight is 367 g/mol. The first-order chi connectivity index (χ1) is 9.61. The van der Waals surface area contributed by atoms with Crippen LogP contribution in [0.15, 0.2) is 51.3 Å². The summed E-state index contributed by atoms with van der Waals surface area (Å²) in [6, 6.07) is 13.4. The third kappa shape index (κ3) is 2.92. The molecular weight excluding hydrogens is 356 g/mol. The summed E-state index contributed by atoms with van der Waals surface area (Å²) in [4.78, 5) is 4.42. The molecule has 6 heteroatoms. The van der Waals surface area contributed by atoms with Gasteiger partial charge in [0.25, 0.3) is 0 Å². The highest BCUT2D eigenvalue weighted by molar-refractivity contribution is 9.10. The summed E-state index contributed by atoms with van der Waals surface area (Å²) in [5, 5.41) is 0. The van der Waals surface area contributed by atoms with E-state index in [1.54, 1.807) is 0 Å². The van der Waals surface area contributed by atoms with Gasteiger partial charge in [-0.2, -0.15) is 0 Å². The monoisotopic (exact) mass is 366 g/mol. The van der Waals surface area contributed by atoms with E-state index in [1.165, 1.54) is 11.3 Å². The van der Waals surface area contributed by atoms with Gasteiger partial charge in [-0.3, -0.25) is 4.21 Å². The van der Waals surface area contributed by atoms with Gasteiger partial charge in [-0.25, -0.2) is 4.98 Å². The smallest absolute Gasteiger partial charge is 0.182 e. The fourth-order valence-electron chi connectivity index (χ4n) is 1.81. The summed E-state index contributed by atoms with van der Waals surface area (Å²) >= 11 is 4.83. The van der Waals surface area contributed by atoms with Gasteiger partial charge in [0.05, 0.1) is 26.8 Å². The van der Waals surface area contributed by atoms with Crippen molar-refractivity contribution in [1.82, 2.24) is 4.98 Å². The van der Waals surface area contributed by atoms with Gasteiger partial charge < -0.3 is 5.73 Å². The van der Waals surface area contributed by atoms with Gasteiger partial charge in [0, 0.05) is 10.2 Å². The second-order valence-electron chi connectivity index (χ2n) is 4.32. The molecule has 1 atom stereocenters. The van der Waals surface area contributed by atoms with Crippen molar-refractivity contribution in [3.63, 3.8) is 0 Å². The molecule has 102 valence electrons. The number of nitrogens with zero attached hydrogens (tertiary/aromatic N) is 1. The van der Waals surface area contributed by atoms with Crippen molar-refractivity contribution in [2.24, 2.45) is 0 Å². The Morgan fingerprint density at radius 3 is 2.70 bits per heavy atom. The molecule has 0 saturated heterocycles. The highest BCUT2D eigenvalue weighted by Crippen LogP contribution is 2.27. The molecule has 0 fully saturated rings. The molecule has 2 N–H and O–H groups in total. The van der Waals surface area contributed by atoms with Crippen LogP contribution in [0, 0.1) is 0 Å². The molecule has 0 spiro atoms. The molecular formula is C14H11BrN2OS2. The molecule has 1 unspecified atom stereocenters. The molecule has 3 rings (SSSR count). The SMILES string of the molecule is Nc1ccc2nc(S(=O)Cc3ccc(Br)cc3)sc2c1. The average Bonchev–Trinajstić information content (AvgIpc) is 2.84. The van der Waals surface area contributed by atoms with E-state index in [0.29, 0.717) is 15.8 Å². The zero-order valence-corrected chi connectivity index (χ0v) is 13.6. The first kappa shape index (κ1) is 13.7. The van der Waals surface area contributed by atoms with Crippen LogP contribution < -0.4 is 5.73 Å². The van der Waals surface area contributed by atoms with E-state index < -0.39 is 10.8 Å². The number of rotatable bonds is 3. The van der Waals surface area contributed by atoms with Crippen LogP contribution in [-0.4, -0.2) is 9.19 Å². The number of thiazole rings is 1. The van der Waals surface area contributed by atoms with E-state index >= 15 is 0 Å². The largest absolute Gasteiger partial charge is 0.399 e. The minimum absolute atomic E-state index is 0.475. The van der Waals surface area contributed by atoms with Gasteiger partial charge in [-0.15, -0.1) is 11.3 Å². The number of fused-ring (bicyclic) bond motifs is 1. The highest BCUT2D eigenvalue weighted by atomic mass is 79.9. The van der Waals surface area contributed by atoms with Crippen molar-refractivity contribution in [3.8, 4) is 0 Å². The lowest BCUT2D eigenvalue weighted by atomic mass is 10.2. The molecule has 0 aliphatic carbocycles. The zero-order valence-electron chi connectivity index (χ0n) is 10.4. The van der Waals surface area contributed by atoms with E-state index in [9.17, 15) is 4.21 Å². The first-order valence-corrected chi connectivity index (χ1v) is 8.83. The number of hydrogen-bond donors (Lipinski definition) is 1. The molecule has 3 aromatic rings. The predicted molar refractivity (Wildman–Crippen MR) is 88.3 cm³/mol. The standard InChI is InChI=1S/C14H11BrN2OS2/c15-10-3-1-9(2-4-10)8-20(18)14-17-12-6-5-11(16)7-13(12)19-14/h1-7H,8,16H2. The molecule has 1 aromatic heterocycles. The summed E-state index contributed by atoms with van der Waals surface area (Å²) < 4.78 is 15.0. The first-order valence-electron chi connectivity index (χ1n) is 5.91. The number of benzene rings is 2. The Labute approximate surface area is 131 Å². The van der Waals surface area contributed by atoms with Crippen LogP contribution in [0.1, 0.15) is 5.56 Å². The molecule has 20 heavy (non-hydrogen) atoms. The summed E-state index contributed by atoms with van der Waals surface area (Å²) in [6.45, 7) is 0. The van der Waals surface area contributed by atoms with Crippen molar-refractivity contribution in [2.45, 2.75) is 10.1 Å². The van der Waals surface area contributed by atoms with Gasteiger partial charge in [0.2, 0.25) is 0 Å². The molecule has 0 saturated carbocycles. The molecule has 0 aliphatic heterocycles. The van der Waals surface area contributed by atoms with Gasteiger partial charge in [0.1, 0.15) is 0 Å². The third-order valence-electron chi connectivity index (χ3n) is 2.80. The Balaban J connectivity index is 1.86. The second-order valence-corrected chi connectivity index (χ2v) is 7.89. The van der Waals surface area contributed by atoms with Gasteiger partial charge in [-0.1, -0.05) is 28.1 Å². The topological polar surface area (TPSA) is 56.0 Å². The van der Waals surface area contributed by atoms with Crippen molar-refractivity contribution >= 4 is 54.0 Å². The van der Waals surface area contributed by atoms with Crippen molar-refractivity contribution in [1.29, 1.82) is 0 Å². The fourth-order valence-corrected chi connectivity index (χ4v) is 4.46. The Bertz CT molecular complexity index is 783. The quantitative estimate of drug-likeness (QED) is 0.714.